The molecular weight excluding hydrogens is 439 g/mol. The summed E-state index contributed by atoms with van der Waals surface area (Å²) in [6.45, 7) is 0. The van der Waals surface area contributed by atoms with Crippen LogP contribution in [0, 0.1) is 5.92 Å². The molecule has 1 fully saturated rings. The zero-order valence-electron chi connectivity index (χ0n) is 15.4. The maximum atomic E-state index is 12.4. The van der Waals surface area contributed by atoms with Crippen LogP contribution in [0.4, 0.5) is 5.82 Å². The van der Waals surface area contributed by atoms with E-state index in [1.807, 2.05) is 0 Å². The van der Waals surface area contributed by atoms with Crippen LogP contribution in [0.1, 0.15) is 12.8 Å². The molecule has 1 N–H and O–H groups in total. The molecule has 10 heteroatoms. The van der Waals surface area contributed by atoms with Crippen molar-refractivity contribution in [2.24, 2.45) is 5.92 Å². The van der Waals surface area contributed by atoms with Crippen LogP contribution in [0.15, 0.2) is 18.3 Å². The number of aromatic nitrogens is 3. The topological polar surface area (TPSA) is 86.2 Å². The lowest BCUT2D eigenvalue weighted by molar-refractivity contribution is -0.117. The lowest BCUT2D eigenvalue weighted by atomic mass is 10.1. The summed E-state index contributed by atoms with van der Waals surface area (Å²) in [6.07, 6.45) is 3.21. The molecule has 2 aromatic heterocycles. The Bertz CT molecular complexity index is 1110. The van der Waals surface area contributed by atoms with Gasteiger partial charge in [0.1, 0.15) is 22.5 Å². The van der Waals surface area contributed by atoms with Crippen LogP contribution in [0.5, 0.6) is 11.5 Å². The van der Waals surface area contributed by atoms with E-state index in [1.54, 1.807) is 12.1 Å². The number of pyridine rings is 1. The Kier molecular flexibility index (Phi) is 5.38. The summed E-state index contributed by atoms with van der Waals surface area (Å²) >= 11 is 19.0. The Morgan fingerprint density at radius 3 is 2.31 bits per heavy atom. The van der Waals surface area contributed by atoms with Gasteiger partial charge in [-0.2, -0.15) is 0 Å². The highest BCUT2D eigenvalue weighted by Crippen LogP contribution is 2.45. The summed E-state index contributed by atoms with van der Waals surface area (Å²) in [7, 11) is 2.96. The zero-order chi connectivity index (χ0) is 20.7. The SMILES string of the molecule is COc1cc(OC)c(Cl)c(-c2nc(NC(=O)C3CC3)c3cc(Cl)ncc3n2)c1Cl. The molecule has 1 saturated carbocycles. The summed E-state index contributed by atoms with van der Waals surface area (Å²) in [4.78, 5) is 25.5. The second-order valence-electron chi connectivity index (χ2n) is 6.47. The number of amides is 1. The van der Waals surface area contributed by atoms with Gasteiger partial charge in [-0.15, -0.1) is 0 Å². The van der Waals surface area contributed by atoms with E-state index >= 15 is 0 Å². The first kappa shape index (κ1) is 19.9. The maximum Gasteiger partial charge on any atom is 0.228 e. The Morgan fingerprint density at radius 1 is 1.07 bits per heavy atom. The Morgan fingerprint density at radius 2 is 1.72 bits per heavy atom. The van der Waals surface area contributed by atoms with Crippen LogP contribution in [-0.4, -0.2) is 35.1 Å². The van der Waals surface area contributed by atoms with E-state index in [4.69, 9.17) is 44.3 Å². The largest absolute Gasteiger partial charge is 0.495 e. The van der Waals surface area contributed by atoms with Gasteiger partial charge in [-0.25, -0.2) is 15.0 Å². The number of ether oxygens (including phenoxy) is 2. The molecule has 0 bridgehead atoms. The molecule has 0 unspecified atom stereocenters. The zero-order valence-corrected chi connectivity index (χ0v) is 17.7. The first-order valence-electron chi connectivity index (χ1n) is 8.67. The Labute approximate surface area is 181 Å². The number of rotatable bonds is 5. The van der Waals surface area contributed by atoms with Crippen LogP contribution in [0.2, 0.25) is 15.2 Å². The molecule has 1 aliphatic carbocycles. The van der Waals surface area contributed by atoms with E-state index in [-0.39, 0.29) is 32.8 Å². The number of hydrogen-bond donors (Lipinski definition) is 1. The Hall–Kier alpha value is -2.35. The third-order valence-electron chi connectivity index (χ3n) is 4.54. The molecular formula is C19H15Cl3N4O3. The number of nitrogens with one attached hydrogen (secondary N) is 1. The third-order valence-corrected chi connectivity index (χ3v) is 5.49. The van der Waals surface area contributed by atoms with Crippen molar-refractivity contribution in [2.45, 2.75) is 12.8 Å². The monoisotopic (exact) mass is 452 g/mol. The molecule has 1 amide bonds. The standard InChI is InChI=1S/C19H15Cl3N4O3/c1-28-11-6-12(29-2)16(22)14(15(11)21)18-24-10-7-23-13(20)5-9(10)17(25-18)26-19(27)8-3-4-8/h5-8H,3-4H2,1-2H3,(H,24,25,26,27). The Balaban J connectivity index is 1.95. The molecule has 0 aliphatic heterocycles. The lowest BCUT2D eigenvalue weighted by Crippen LogP contribution is -2.15. The molecule has 7 nitrogen and oxygen atoms in total. The molecule has 2 heterocycles. The third kappa shape index (κ3) is 3.77. The fourth-order valence-corrected chi connectivity index (χ4v) is 3.69. The van der Waals surface area contributed by atoms with Crippen LogP contribution in [0.25, 0.3) is 22.3 Å². The molecule has 1 aliphatic rings. The average molecular weight is 454 g/mol. The van der Waals surface area contributed by atoms with Gasteiger partial charge in [0.2, 0.25) is 5.91 Å². The van der Waals surface area contributed by atoms with Gasteiger partial charge in [-0.05, 0) is 18.9 Å². The van der Waals surface area contributed by atoms with Crippen molar-refractivity contribution in [3.05, 3.63) is 33.5 Å². The second-order valence-corrected chi connectivity index (χ2v) is 7.61. The van der Waals surface area contributed by atoms with Gasteiger partial charge >= 0.3 is 0 Å². The molecule has 4 rings (SSSR count). The van der Waals surface area contributed by atoms with Gasteiger partial charge in [0.25, 0.3) is 0 Å². The van der Waals surface area contributed by atoms with Crippen molar-refractivity contribution in [2.75, 3.05) is 19.5 Å². The van der Waals surface area contributed by atoms with Crippen LogP contribution < -0.4 is 14.8 Å². The highest BCUT2D eigenvalue weighted by molar-refractivity contribution is 6.41. The summed E-state index contributed by atoms with van der Waals surface area (Å²) in [5.41, 5.74) is 0.794. The van der Waals surface area contributed by atoms with Crippen molar-refractivity contribution in [3.8, 4) is 22.9 Å². The number of carbonyl (C=O) groups is 1. The van der Waals surface area contributed by atoms with Crippen molar-refractivity contribution < 1.29 is 14.3 Å². The van der Waals surface area contributed by atoms with Crippen molar-refractivity contribution in [3.63, 3.8) is 0 Å². The molecule has 0 radical (unpaired) electrons. The summed E-state index contributed by atoms with van der Waals surface area (Å²) in [5, 5.41) is 4.12. The molecule has 0 saturated heterocycles. The van der Waals surface area contributed by atoms with Crippen LogP contribution >= 0.6 is 34.8 Å². The maximum absolute atomic E-state index is 12.4. The highest BCUT2D eigenvalue weighted by Gasteiger charge is 2.30. The molecule has 3 aromatic rings. The van der Waals surface area contributed by atoms with Crippen molar-refractivity contribution >= 4 is 57.4 Å². The van der Waals surface area contributed by atoms with Gasteiger partial charge < -0.3 is 14.8 Å². The van der Waals surface area contributed by atoms with E-state index in [1.165, 1.54) is 20.4 Å². The number of anilines is 1. The van der Waals surface area contributed by atoms with E-state index in [2.05, 4.69) is 20.3 Å². The molecule has 29 heavy (non-hydrogen) atoms. The second kappa shape index (κ2) is 7.82. The minimum absolute atomic E-state index is 0.00939. The van der Waals surface area contributed by atoms with Crippen molar-refractivity contribution in [1.82, 2.24) is 15.0 Å². The van der Waals surface area contributed by atoms with Gasteiger partial charge in [0, 0.05) is 17.4 Å². The fourth-order valence-electron chi connectivity index (χ4n) is 2.86. The minimum atomic E-state index is -0.107. The molecule has 0 atom stereocenters. The number of halogens is 3. The van der Waals surface area contributed by atoms with Crippen LogP contribution in [0.3, 0.4) is 0 Å². The summed E-state index contributed by atoms with van der Waals surface area (Å²) < 4.78 is 10.6. The van der Waals surface area contributed by atoms with Gasteiger partial charge in [-0.3, -0.25) is 4.79 Å². The first-order chi connectivity index (χ1) is 13.9. The van der Waals surface area contributed by atoms with Gasteiger partial charge in [0.05, 0.1) is 41.5 Å². The predicted molar refractivity (Wildman–Crippen MR) is 112 cm³/mol. The lowest BCUT2D eigenvalue weighted by Gasteiger charge is -2.15. The quantitative estimate of drug-likeness (QED) is 0.546. The number of nitrogens with zero attached hydrogens (tertiary/aromatic N) is 3. The number of benzene rings is 1. The van der Waals surface area contributed by atoms with Gasteiger partial charge in [0.15, 0.2) is 5.82 Å². The van der Waals surface area contributed by atoms with E-state index in [9.17, 15) is 4.79 Å². The first-order valence-corrected chi connectivity index (χ1v) is 9.80. The average Bonchev–Trinajstić information content (AvgIpc) is 3.54. The number of carbonyl (C=O) groups excluding carboxylic acids is 1. The number of hydrogen-bond acceptors (Lipinski definition) is 6. The van der Waals surface area contributed by atoms with E-state index in [0.717, 1.165) is 12.8 Å². The highest BCUT2D eigenvalue weighted by atomic mass is 35.5. The summed E-state index contributed by atoms with van der Waals surface area (Å²) in [5.74, 6) is 1.09. The van der Waals surface area contributed by atoms with E-state index < -0.39 is 0 Å². The molecule has 1 aromatic carbocycles. The number of methoxy groups -OCH3 is 2. The van der Waals surface area contributed by atoms with Crippen molar-refractivity contribution in [1.29, 1.82) is 0 Å². The fraction of sp³-hybridized carbons (Fsp3) is 0.263. The summed E-state index contributed by atoms with van der Waals surface area (Å²) in [6, 6.07) is 3.17. The normalized spacial score (nSPS) is 13.4. The number of fused-ring (bicyclic) bond motifs is 1. The van der Waals surface area contributed by atoms with E-state index in [0.29, 0.717) is 33.8 Å². The van der Waals surface area contributed by atoms with Gasteiger partial charge in [-0.1, -0.05) is 34.8 Å². The molecule has 0 spiro atoms. The predicted octanol–water partition coefficient (Wildman–Crippen LogP) is 5.02. The smallest absolute Gasteiger partial charge is 0.228 e. The molecule has 150 valence electrons. The van der Waals surface area contributed by atoms with Crippen LogP contribution in [-0.2, 0) is 4.79 Å². The minimum Gasteiger partial charge on any atom is -0.495 e.